The molecule has 1 N–H and O–H groups in total. The van der Waals surface area contributed by atoms with E-state index in [9.17, 15) is 4.79 Å². The van der Waals surface area contributed by atoms with Crippen LogP contribution in [0.4, 0.5) is 0 Å². The Balaban J connectivity index is 2.22. The summed E-state index contributed by atoms with van der Waals surface area (Å²) in [6.07, 6.45) is 0. The van der Waals surface area contributed by atoms with Crippen LogP contribution in [0.5, 0.6) is 5.75 Å². The van der Waals surface area contributed by atoms with E-state index in [1.807, 2.05) is 44.2 Å². The Morgan fingerprint density at radius 3 is 2.58 bits per heavy atom. The van der Waals surface area contributed by atoms with E-state index in [-0.39, 0.29) is 5.56 Å². The van der Waals surface area contributed by atoms with Crippen molar-refractivity contribution in [2.45, 2.75) is 20.5 Å². The molecule has 0 bridgehead atoms. The molecule has 19 heavy (non-hydrogen) atoms. The zero-order chi connectivity index (χ0) is 13.8. The molecule has 0 heterocycles. The minimum atomic E-state index is -0.969. The molecule has 0 amide bonds. The smallest absolute Gasteiger partial charge is 0.339 e. The highest BCUT2D eigenvalue weighted by Gasteiger charge is 2.13. The number of hydrogen-bond donors (Lipinski definition) is 1. The van der Waals surface area contributed by atoms with Crippen LogP contribution in [0.1, 0.15) is 27.0 Å². The van der Waals surface area contributed by atoms with Gasteiger partial charge in [-0.1, -0.05) is 42.0 Å². The van der Waals surface area contributed by atoms with Crippen molar-refractivity contribution in [2.24, 2.45) is 0 Å². The second kappa shape index (κ2) is 5.57. The van der Waals surface area contributed by atoms with E-state index in [1.165, 1.54) is 0 Å². The van der Waals surface area contributed by atoms with Crippen LogP contribution in [0, 0.1) is 13.8 Å². The highest BCUT2D eigenvalue weighted by atomic mass is 16.5. The molecule has 2 rings (SSSR count). The van der Waals surface area contributed by atoms with Crippen molar-refractivity contribution in [3.05, 3.63) is 64.7 Å². The highest BCUT2D eigenvalue weighted by molar-refractivity contribution is 5.91. The van der Waals surface area contributed by atoms with Crippen LogP contribution in [-0.4, -0.2) is 11.1 Å². The summed E-state index contributed by atoms with van der Waals surface area (Å²) in [5, 5.41) is 9.15. The van der Waals surface area contributed by atoms with Crippen molar-refractivity contribution in [3.63, 3.8) is 0 Å². The molecule has 2 aromatic rings. The summed E-state index contributed by atoms with van der Waals surface area (Å²) in [6.45, 7) is 4.23. The van der Waals surface area contributed by atoms with Gasteiger partial charge in [-0.2, -0.15) is 0 Å². The molecule has 0 saturated heterocycles. The number of hydrogen-bond acceptors (Lipinski definition) is 2. The lowest BCUT2D eigenvalue weighted by Crippen LogP contribution is -2.05. The van der Waals surface area contributed by atoms with Crippen molar-refractivity contribution in [3.8, 4) is 5.75 Å². The third kappa shape index (κ3) is 3.13. The van der Waals surface area contributed by atoms with Gasteiger partial charge in [0.1, 0.15) is 17.9 Å². The number of para-hydroxylation sites is 1. The first-order valence-corrected chi connectivity index (χ1v) is 6.09. The number of rotatable bonds is 4. The Bertz CT molecular complexity index is 603. The first-order chi connectivity index (χ1) is 9.08. The van der Waals surface area contributed by atoms with Gasteiger partial charge in [0.15, 0.2) is 0 Å². The molecule has 0 unspecified atom stereocenters. The summed E-state index contributed by atoms with van der Waals surface area (Å²) >= 11 is 0. The van der Waals surface area contributed by atoms with Gasteiger partial charge in [0.2, 0.25) is 0 Å². The first-order valence-electron chi connectivity index (χ1n) is 6.09. The molecule has 98 valence electrons. The van der Waals surface area contributed by atoms with Crippen molar-refractivity contribution in [2.75, 3.05) is 0 Å². The van der Waals surface area contributed by atoms with E-state index in [0.29, 0.717) is 12.4 Å². The Labute approximate surface area is 112 Å². The lowest BCUT2D eigenvalue weighted by atomic mass is 10.1. The fraction of sp³-hybridized carbons (Fsp3) is 0.188. The minimum absolute atomic E-state index is 0.202. The topological polar surface area (TPSA) is 46.5 Å². The quantitative estimate of drug-likeness (QED) is 0.909. The summed E-state index contributed by atoms with van der Waals surface area (Å²) in [4.78, 5) is 11.2. The van der Waals surface area contributed by atoms with Crippen molar-refractivity contribution >= 4 is 5.97 Å². The Morgan fingerprint density at radius 2 is 1.89 bits per heavy atom. The van der Waals surface area contributed by atoms with Crippen LogP contribution in [0.3, 0.4) is 0 Å². The maximum absolute atomic E-state index is 11.2. The number of ether oxygens (including phenoxy) is 1. The van der Waals surface area contributed by atoms with Gasteiger partial charge in [-0.25, -0.2) is 4.79 Å². The maximum Gasteiger partial charge on any atom is 0.339 e. The van der Waals surface area contributed by atoms with Gasteiger partial charge in [-0.15, -0.1) is 0 Å². The lowest BCUT2D eigenvalue weighted by Gasteiger charge is -2.12. The standard InChI is InChI=1S/C16H16O3/c1-11-5-3-7-13(9-11)10-19-15-12(2)6-4-8-14(15)16(17)18/h3-9H,10H2,1-2H3,(H,17,18). The van der Waals surface area contributed by atoms with E-state index in [0.717, 1.165) is 16.7 Å². The average molecular weight is 256 g/mol. The van der Waals surface area contributed by atoms with Crippen LogP contribution in [0.25, 0.3) is 0 Å². The Kier molecular flexibility index (Phi) is 3.85. The number of aromatic carboxylic acids is 1. The van der Waals surface area contributed by atoms with E-state index in [4.69, 9.17) is 9.84 Å². The summed E-state index contributed by atoms with van der Waals surface area (Å²) in [6, 6.07) is 13.1. The van der Waals surface area contributed by atoms with Gasteiger partial charge in [0, 0.05) is 0 Å². The zero-order valence-electron chi connectivity index (χ0n) is 11.0. The van der Waals surface area contributed by atoms with Crippen molar-refractivity contribution in [1.29, 1.82) is 0 Å². The second-order valence-corrected chi connectivity index (χ2v) is 4.53. The molecular formula is C16H16O3. The van der Waals surface area contributed by atoms with Crippen LogP contribution in [-0.2, 0) is 6.61 Å². The third-order valence-electron chi connectivity index (χ3n) is 2.91. The van der Waals surface area contributed by atoms with Gasteiger partial charge in [-0.3, -0.25) is 0 Å². The van der Waals surface area contributed by atoms with Gasteiger partial charge >= 0.3 is 5.97 Å². The second-order valence-electron chi connectivity index (χ2n) is 4.53. The number of carboxylic acids is 1. The van der Waals surface area contributed by atoms with Crippen LogP contribution in [0.2, 0.25) is 0 Å². The summed E-state index contributed by atoms with van der Waals surface area (Å²) in [5.74, 6) is -0.528. The molecule has 0 saturated carbocycles. The van der Waals surface area contributed by atoms with Gasteiger partial charge in [0.25, 0.3) is 0 Å². The molecule has 0 fully saturated rings. The van der Waals surface area contributed by atoms with Crippen LogP contribution in [0.15, 0.2) is 42.5 Å². The zero-order valence-corrected chi connectivity index (χ0v) is 11.0. The van der Waals surface area contributed by atoms with Crippen molar-refractivity contribution < 1.29 is 14.6 Å². The summed E-state index contributed by atoms with van der Waals surface area (Å²) in [5.41, 5.74) is 3.21. The maximum atomic E-state index is 11.2. The summed E-state index contributed by atoms with van der Waals surface area (Å²) < 4.78 is 5.69. The van der Waals surface area contributed by atoms with Gasteiger partial charge in [0.05, 0.1) is 0 Å². The van der Waals surface area contributed by atoms with Crippen molar-refractivity contribution in [1.82, 2.24) is 0 Å². The predicted octanol–water partition coefficient (Wildman–Crippen LogP) is 3.58. The van der Waals surface area contributed by atoms with Crippen LogP contribution >= 0.6 is 0 Å². The number of carboxylic acid groups (broad SMARTS) is 1. The van der Waals surface area contributed by atoms with E-state index >= 15 is 0 Å². The molecule has 0 aliphatic carbocycles. The number of aryl methyl sites for hydroxylation is 2. The molecule has 3 heteroatoms. The predicted molar refractivity (Wildman–Crippen MR) is 73.6 cm³/mol. The van der Waals surface area contributed by atoms with E-state index < -0.39 is 5.97 Å². The SMILES string of the molecule is Cc1cccc(COc2c(C)cccc2C(=O)O)c1. The minimum Gasteiger partial charge on any atom is -0.488 e. The molecule has 2 aromatic carbocycles. The largest absolute Gasteiger partial charge is 0.488 e. The number of benzene rings is 2. The monoisotopic (exact) mass is 256 g/mol. The molecule has 0 aliphatic heterocycles. The summed E-state index contributed by atoms with van der Waals surface area (Å²) in [7, 11) is 0. The molecule has 0 aromatic heterocycles. The van der Waals surface area contributed by atoms with Crippen LogP contribution < -0.4 is 4.74 Å². The molecule has 0 aliphatic rings. The van der Waals surface area contributed by atoms with Gasteiger partial charge < -0.3 is 9.84 Å². The lowest BCUT2D eigenvalue weighted by molar-refractivity contribution is 0.0691. The fourth-order valence-electron chi connectivity index (χ4n) is 1.97. The molecule has 3 nitrogen and oxygen atoms in total. The highest BCUT2D eigenvalue weighted by Crippen LogP contribution is 2.24. The Hall–Kier alpha value is -2.29. The molecule has 0 spiro atoms. The normalized spacial score (nSPS) is 10.2. The Morgan fingerprint density at radius 1 is 1.16 bits per heavy atom. The molecule has 0 radical (unpaired) electrons. The first kappa shape index (κ1) is 13.1. The van der Waals surface area contributed by atoms with Gasteiger partial charge in [-0.05, 0) is 31.0 Å². The van der Waals surface area contributed by atoms with E-state index in [2.05, 4.69) is 0 Å². The molecular weight excluding hydrogens is 240 g/mol. The number of carbonyl (C=O) groups is 1. The van der Waals surface area contributed by atoms with E-state index in [1.54, 1.807) is 12.1 Å². The fourth-order valence-corrected chi connectivity index (χ4v) is 1.97. The third-order valence-corrected chi connectivity index (χ3v) is 2.91. The average Bonchev–Trinajstić information content (AvgIpc) is 2.37. The molecule has 0 atom stereocenters.